The van der Waals surface area contributed by atoms with Gasteiger partial charge in [-0.3, -0.25) is 4.79 Å². The average molecular weight is 402 g/mol. The largest absolute Gasteiger partial charge is 0.449 e. The molecule has 6 saturated carbocycles. The lowest BCUT2D eigenvalue weighted by Crippen LogP contribution is -2.66. The first-order chi connectivity index (χ1) is 12.8. The highest BCUT2D eigenvalue weighted by atomic mass is 19.4. The van der Waals surface area contributed by atoms with Crippen LogP contribution in [0.15, 0.2) is 0 Å². The monoisotopic (exact) mass is 402 g/mol. The molecule has 7 unspecified atom stereocenters. The summed E-state index contributed by atoms with van der Waals surface area (Å²) in [7, 11) is 0. The number of alkyl halides is 3. The van der Waals surface area contributed by atoms with E-state index in [0.717, 1.165) is 0 Å². The Balaban J connectivity index is 1.48. The molecule has 0 aromatic carbocycles. The number of hydrogen-bond acceptors (Lipinski definition) is 4. The molecule has 158 valence electrons. The third kappa shape index (κ3) is 2.35. The van der Waals surface area contributed by atoms with Gasteiger partial charge in [0, 0.05) is 12.3 Å². The van der Waals surface area contributed by atoms with E-state index in [-0.39, 0.29) is 49.4 Å². The number of esters is 1. The van der Waals surface area contributed by atoms with Crippen molar-refractivity contribution in [3.63, 3.8) is 0 Å². The van der Waals surface area contributed by atoms with Gasteiger partial charge < -0.3 is 14.9 Å². The average Bonchev–Trinajstić information content (AvgIpc) is 3.01. The smallest absolute Gasteiger partial charge is 0.428 e. The van der Waals surface area contributed by atoms with Gasteiger partial charge in [-0.1, -0.05) is 13.8 Å². The van der Waals surface area contributed by atoms with Crippen LogP contribution < -0.4 is 0 Å². The first-order valence-electron chi connectivity index (χ1n) is 10.6. The van der Waals surface area contributed by atoms with E-state index in [4.69, 9.17) is 4.74 Å². The molecule has 7 heteroatoms. The van der Waals surface area contributed by atoms with Gasteiger partial charge >= 0.3 is 12.1 Å². The Kier molecular flexibility index (Phi) is 3.60. The number of rotatable bonds is 2. The van der Waals surface area contributed by atoms with Crippen LogP contribution in [0.1, 0.15) is 65.2 Å². The molecular weight excluding hydrogens is 373 g/mol. The zero-order valence-electron chi connectivity index (χ0n) is 16.4. The van der Waals surface area contributed by atoms with Gasteiger partial charge in [-0.25, -0.2) is 0 Å². The summed E-state index contributed by atoms with van der Waals surface area (Å²) in [5, 5.41) is 21.7. The predicted octanol–water partition coefficient (Wildman–Crippen LogP) is 3.59. The maximum absolute atomic E-state index is 14.3. The Bertz CT molecular complexity index is 701. The van der Waals surface area contributed by atoms with Crippen molar-refractivity contribution in [2.45, 2.75) is 88.2 Å². The highest BCUT2D eigenvalue weighted by Gasteiger charge is 2.73. The van der Waals surface area contributed by atoms with E-state index < -0.39 is 40.3 Å². The Morgan fingerprint density at radius 3 is 2.04 bits per heavy atom. The molecule has 6 aliphatic rings. The molecule has 0 spiro atoms. The van der Waals surface area contributed by atoms with Gasteiger partial charge in [0.1, 0.15) is 0 Å². The van der Waals surface area contributed by atoms with E-state index >= 15 is 0 Å². The first-order valence-corrected chi connectivity index (χ1v) is 10.6. The number of carbonyl (C=O) groups is 1. The van der Waals surface area contributed by atoms with Gasteiger partial charge in [0.05, 0.1) is 16.6 Å². The summed E-state index contributed by atoms with van der Waals surface area (Å²) in [6, 6.07) is 0. The van der Waals surface area contributed by atoms with Crippen molar-refractivity contribution < 1.29 is 32.9 Å². The van der Waals surface area contributed by atoms with Crippen molar-refractivity contribution in [3.8, 4) is 0 Å². The number of carbonyl (C=O) groups excluding carboxylic acids is 1. The minimum absolute atomic E-state index is 0.0420. The number of halogens is 3. The van der Waals surface area contributed by atoms with Crippen molar-refractivity contribution in [2.24, 2.45) is 35.0 Å². The van der Waals surface area contributed by atoms with Crippen LogP contribution in [-0.4, -0.2) is 39.2 Å². The Morgan fingerprint density at radius 2 is 1.57 bits per heavy atom. The molecule has 2 N–H and O–H groups in total. The van der Waals surface area contributed by atoms with Crippen LogP contribution in [0.3, 0.4) is 0 Å². The summed E-state index contributed by atoms with van der Waals surface area (Å²) >= 11 is 0. The van der Waals surface area contributed by atoms with Crippen molar-refractivity contribution in [1.82, 2.24) is 0 Å². The molecule has 0 radical (unpaired) electrons. The summed E-state index contributed by atoms with van der Waals surface area (Å²) < 4.78 is 48.3. The lowest BCUT2D eigenvalue weighted by atomic mass is 9.46. The van der Waals surface area contributed by atoms with Crippen molar-refractivity contribution in [1.29, 1.82) is 0 Å². The Hall–Kier alpha value is -0.820. The van der Waals surface area contributed by atoms with E-state index in [9.17, 15) is 28.2 Å². The fourth-order valence-corrected chi connectivity index (χ4v) is 8.32. The minimum atomic E-state index is -4.62. The van der Waals surface area contributed by atoms with Gasteiger partial charge in [0.2, 0.25) is 5.60 Å². The van der Waals surface area contributed by atoms with Crippen LogP contribution in [0, 0.1) is 35.0 Å². The van der Waals surface area contributed by atoms with Crippen LogP contribution in [0.2, 0.25) is 0 Å². The summed E-state index contributed by atoms with van der Waals surface area (Å²) in [5.41, 5.74) is -5.96. The number of fused-ring (bicyclic) bond motifs is 2. The lowest BCUT2D eigenvalue weighted by molar-refractivity contribution is -0.303. The number of ether oxygens (including phenoxy) is 1. The van der Waals surface area contributed by atoms with E-state index in [1.54, 1.807) is 0 Å². The summed E-state index contributed by atoms with van der Waals surface area (Å²) in [6.45, 7) is 3.82. The van der Waals surface area contributed by atoms with Crippen molar-refractivity contribution in [3.05, 3.63) is 0 Å². The Labute approximate surface area is 162 Å². The van der Waals surface area contributed by atoms with Gasteiger partial charge in [0.25, 0.3) is 0 Å². The zero-order chi connectivity index (χ0) is 20.3. The number of hydrogen-bond donors (Lipinski definition) is 2. The molecule has 28 heavy (non-hydrogen) atoms. The highest BCUT2D eigenvalue weighted by Crippen LogP contribution is 2.66. The van der Waals surface area contributed by atoms with Crippen molar-refractivity contribution >= 4 is 5.97 Å². The second-order valence-corrected chi connectivity index (χ2v) is 11.0. The van der Waals surface area contributed by atoms with E-state index in [1.165, 1.54) is 0 Å². The number of aliphatic hydroxyl groups is 2. The second-order valence-electron chi connectivity index (χ2n) is 11.0. The first kappa shape index (κ1) is 19.2. The predicted molar refractivity (Wildman–Crippen MR) is 92.9 cm³/mol. The van der Waals surface area contributed by atoms with E-state index in [0.29, 0.717) is 25.7 Å². The van der Waals surface area contributed by atoms with Crippen LogP contribution in [0.25, 0.3) is 0 Å². The minimum Gasteiger partial charge on any atom is -0.449 e. The summed E-state index contributed by atoms with van der Waals surface area (Å²) in [4.78, 5) is 13.3. The molecule has 0 saturated heterocycles. The zero-order valence-corrected chi connectivity index (χ0v) is 16.4. The molecule has 0 aliphatic heterocycles. The quantitative estimate of drug-likeness (QED) is 0.693. The molecule has 0 aromatic heterocycles. The molecule has 0 amide bonds. The maximum atomic E-state index is 14.3. The normalized spacial score (nSPS) is 57.0. The standard InChI is InChI=1S/C21H29F3O4/c1-11-12(2)15-3-14(11)7-20(15,21(22,23)24)28-16(25)17-4-13-5-18(26,8-17)10-19(27,6-13)9-17/h11-15,26-27H,3-10H2,1-2H3. The lowest BCUT2D eigenvalue weighted by Gasteiger charge is -2.62. The fourth-order valence-electron chi connectivity index (χ4n) is 8.32. The van der Waals surface area contributed by atoms with Crippen LogP contribution in [-0.2, 0) is 9.53 Å². The molecule has 7 atom stereocenters. The van der Waals surface area contributed by atoms with Gasteiger partial charge in [-0.2, -0.15) is 13.2 Å². The third-order valence-electron chi connectivity index (χ3n) is 9.13. The molecule has 4 nitrogen and oxygen atoms in total. The van der Waals surface area contributed by atoms with Crippen LogP contribution >= 0.6 is 0 Å². The molecule has 0 heterocycles. The fraction of sp³-hybridized carbons (Fsp3) is 0.952. The van der Waals surface area contributed by atoms with Gasteiger partial charge in [0.15, 0.2) is 0 Å². The highest BCUT2D eigenvalue weighted by molar-refractivity contribution is 5.78. The maximum Gasteiger partial charge on any atom is 0.428 e. The topological polar surface area (TPSA) is 66.8 Å². The van der Waals surface area contributed by atoms with Crippen molar-refractivity contribution in [2.75, 3.05) is 0 Å². The molecule has 6 rings (SSSR count). The molecule has 6 aliphatic carbocycles. The molecular formula is C21H29F3O4. The van der Waals surface area contributed by atoms with E-state index in [1.807, 2.05) is 13.8 Å². The summed E-state index contributed by atoms with van der Waals surface area (Å²) in [5.74, 6) is -1.65. The van der Waals surface area contributed by atoms with E-state index in [2.05, 4.69) is 0 Å². The SMILES string of the molecule is CC1C2CC(C1C)C(OC(=O)C13CC4CC(O)(CC(O)(C4)C1)C3)(C(F)(F)F)C2. The van der Waals surface area contributed by atoms with Crippen LogP contribution in [0.4, 0.5) is 13.2 Å². The molecule has 0 aromatic rings. The van der Waals surface area contributed by atoms with Crippen LogP contribution in [0.5, 0.6) is 0 Å². The summed E-state index contributed by atoms with van der Waals surface area (Å²) in [6.07, 6.45) is -2.50. The van der Waals surface area contributed by atoms with Gasteiger partial charge in [-0.05, 0) is 68.6 Å². The third-order valence-corrected chi connectivity index (χ3v) is 9.13. The van der Waals surface area contributed by atoms with Gasteiger partial charge in [-0.15, -0.1) is 0 Å². The molecule has 6 bridgehead atoms. The molecule has 6 fully saturated rings. The Morgan fingerprint density at radius 1 is 0.964 bits per heavy atom. The second kappa shape index (κ2) is 5.26.